The molecule has 0 spiro atoms. The molecule has 2 rings (SSSR count). The van der Waals surface area contributed by atoms with Crippen LogP contribution in [-0.2, 0) is 30.5 Å². The van der Waals surface area contributed by atoms with Gasteiger partial charge in [0.25, 0.3) is 0 Å². The molecule has 2 amide bonds. The van der Waals surface area contributed by atoms with Crippen LogP contribution in [0.1, 0.15) is 12.5 Å². The van der Waals surface area contributed by atoms with E-state index in [1.165, 1.54) is 0 Å². The molecule has 8 nitrogen and oxygen atoms in total. The highest BCUT2D eigenvalue weighted by Crippen LogP contribution is 2.00. The van der Waals surface area contributed by atoms with Gasteiger partial charge in [-0.25, -0.2) is 0 Å². The van der Waals surface area contributed by atoms with Gasteiger partial charge in [0, 0.05) is 13.1 Å². The summed E-state index contributed by atoms with van der Waals surface area (Å²) < 4.78 is 10.3. The molecule has 26 heavy (non-hydrogen) atoms. The maximum absolute atomic E-state index is 12.0. The summed E-state index contributed by atoms with van der Waals surface area (Å²) in [5.41, 5.74) is 0.871. The molecule has 0 aromatic heterocycles. The minimum absolute atomic E-state index is 0.154. The predicted molar refractivity (Wildman–Crippen MR) is 94.1 cm³/mol. The number of benzene rings is 1. The fraction of sp³-hybridized carbons (Fsp3) is 0.500. The van der Waals surface area contributed by atoms with E-state index in [1.54, 1.807) is 6.92 Å². The van der Waals surface area contributed by atoms with Crippen molar-refractivity contribution in [1.29, 1.82) is 0 Å². The molecule has 1 heterocycles. The average Bonchev–Trinajstić information content (AvgIpc) is 2.65. The molecular weight excluding hydrogens is 338 g/mol. The number of hydrogen-bond donors (Lipinski definition) is 2. The standard InChI is InChI=1S/C18H25N3O5/c1-14(20-16(22)12-21-7-9-25-10-8-21)18(24)19-11-17(23)26-13-15-5-3-2-4-6-15/h2-6,14H,7-13H2,1H3,(H,19,24)(H,20,22). The third-order valence-electron chi connectivity index (χ3n) is 3.89. The van der Waals surface area contributed by atoms with Crippen molar-refractivity contribution in [1.82, 2.24) is 15.5 Å². The minimum atomic E-state index is -0.731. The topological polar surface area (TPSA) is 97.0 Å². The summed E-state index contributed by atoms with van der Waals surface area (Å²) in [6, 6.07) is 8.54. The summed E-state index contributed by atoms with van der Waals surface area (Å²) in [6.45, 7) is 4.31. The fourth-order valence-electron chi connectivity index (χ4n) is 2.42. The van der Waals surface area contributed by atoms with Crippen molar-refractivity contribution in [2.24, 2.45) is 0 Å². The molecule has 1 aliphatic heterocycles. The van der Waals surface area contributed by atoms with Gasteiger partial charge < -0.3 is 20.1 Å². The van der Waals surface area contributed by atoms with Gasteiger partial charge in [-0.15, -0.1) is 0 Å². The van der Waals surface area contributed by atoms with Gasteiger partial charge in [-0.05, 0) is 12.5 Å². The van der Waals surface area contributed by atoms with Gasteiger partial charge >= 0.3 is 5.97 Å². The number of carbonyl (C=O) groups excluding carboxylic acids is 3. The summed E-state index contributed by atoms with van der Waals surface area (Å²) in [6.07, 6.45) is 0. The van der Waals surface area contributed by atoms with E-state index in [-0.39, 0.29) is 25.6 Å². The lowest BCUT2D eigenvalue weighted by molar-refractivity contribution is -0.145. The van der Waals surface area contributed by atoms with Gasteiger partial charge in [0.05, 0.1) is 19.8 Å². The van der Waals surface area contributed by atoms with E-state index >= 15 is 0 Å². The summed E-state index contributed by atoms with van der Waals surface area (Å²) in [7, 11) is 0. The lowest BCUT2D eigenvalue weighted by atomic mass is 10.2. The van der Waals surface area contributed by atoms with Gasteiger partial charge in [0.15, 0.2) is 0 Å². The summed E-state index contributed by atoms with van der Waals surface area (Å²) in [5.74, 6) is -1.20. The molecule has 0 saturated carbocycles. The highest BCUT2D eigenvalue weighted by atomic mass is 16.5. The molecular formula is C18H25N3O5. The minimum Gasteiger partial charge on any atom is -0.460 e. The lowest BCUT2D eigenvalue weighted by Crippen LogP contribution is -2.50. The van der Waals surface area contributed by atoms with Crippen molar-refractivity contribution in [3.8, 4) is 0 Å². The van der Waals surface area contributed by atoms with Gasteiger partial charge in [-0.3, -0.25) is 19.3 Å². The maximum atomic E-state index is 12.0. The van der Waals surface area contributed by atoms with Gasteiger partial charge in [0.1, 0.15) is 19.2 Å². The molecule has 1 saturated heterocycles. The van der Waals surface area contributed by atoms with E-state index in [4.69, 9.17) is 9.47 Å². The molecule has 2 N–H and O–H groups in total. The zero-order valence-corrected chi connectivity index (χ0v) is 14.9. The first-order valence-corrected chi connectivity index (χ1v) is 8.61. The molecule has 1 aromatic carbocycles. The Hall–Kier alpha value is -2.45. The summed E-state index contributed by atoms with van der Waals surface area (Å²) in [4.78, 5) is 37.6. The van der Waals surface area contributed by atoms with Crippen LogP contribution in [0.3, 0.4) is 0 Å². The van der Waals surface area contributed by atoms with E-state index in [1.807, 2.05) is 35.2 Å². The number of nitrogens with zero attached hydrogens (tertiary/aromatic N) is 1. The van der Waals surface area contributed by atoms with Crippen LogP contribution in [0.25, 0.3) is 0 Å². The Morgan fingerprint density at radius 2 is 1.88 bits per heavy atom. The van der Waals surface area contributed by atoms with Crippen LogP contribution in [0.4, 0.5) is 0 Å². The maximum Gasteiger partial charge on any atom is 0.325 e. The summed E-state index contributed by atoms with van der Waals surface area (Å²) >= 11 is 0. The van der Waals surface area contributed by atoms with E-state index < -0.39 is 17.9 Å². The average molecular weight is 363 g/mol. The van der Waals surface area contributed by atoms with Gasteiger partial charge in [-0.1, -0.05) is 30.3 Å². The highest BCUT2D eigenvalue weighted by molar-refractivity contribution is 5.89. The Morgan fingerprint density at radius 1 is 1.19 bits per heavy atom. The van der Waals surface area contributed by atoms with Crippen LogP contribution < -0.4 is 10.6 Å². The van der Waals surface area contributed by atoms with Crippen molar-refractivity contribution in [2.45, 2.75) is 19.6 Å². The molecule has 1 fully saturated rings. The zero-order chi connectivity index (χ0) is 18.8. The van der Waals surface area contributed by atoms with E-state index in [9.17, 15) is 14.4 Å². The monoisotopic (exact) mass is 363 g/mol. The molecule has 1 atom stereocenters. The van der Waals surface area contributed by atoms with Crippen LogP contribution in [0.15, 0.2) is 30.3 Å². The normalized spacial score (nSPS) is 15.7. The Morgan fingerprint density at radius 3 is 2.58 bits per heavy atom. The molecule has 0 bridgehead atoms. The number of morpholine rings is 1. The van der Waals surface area contributed by atoms with Crippen molar-refractivity contribution < 1.29 is 23.9 Å². The molecule has 0 radical (unpaired) electrons. The van der Waals surface area contributed by atoms with Crippen molar-refractivity contribution in [3.05, 3.63) is 35.9 Å². The Bertz CT molecular complexity index is 602. The Kier molecular flexibility index (Phi) is 8.04. The zero-order valence-electron chi connectivity index (χ0n) is 14.9. The second-order valence-corrected chi connectivity index (χ2v) is 6.04. The number of nitrogens with one attached hydrogen (secondary N) is 2. The van der Waals surface area contributed by atoms with Crippen molar-refractivity contribution in [3.63, 3.8) is 0 Å². The quantitative estimate of drug-likeness (QED) is 0.615. The van der Waals surface area contributed by atoms with Crippen LogP contribution >= 0.6 is 0 Å². The molecule has 1 unspecified atom stereocenters. The third kappa shape index (κ3) is 7.20. The number of carbonyl (C=O) groups is 3. The number of esters is 1. The van der Waals surface area contributed by atoms with E-state index in [0.717, 1.165) is 5.56 Å². The number of hydrogen-bond acceptors (Lipinski definition) is 6. The second kappa shape index (κ2) is 10.5. The fourth-order valence-corrected chi connectivity index (χ4v) is 2.42. The van der Waals surface area contributed by atoms with Crippen molar-refractivity contribution >= 4 is 17.8 Å². The second-order valence-electron chi connectivity index (χ2n) is 6.04. The molecule has 1 aromatic rings. The Labute approximate surface area is 152 Å². The first-order valence-electron chi connectivity index (χ1n) is 8.61. The van der Waals surface area contributed by atoms with Crippen LogP contribution in [0.5, 0.6) is 0 Å². The van der Waals surface area contributed by atoms with Gasteiger partial charge in [-0.2, -0.15) is 0 Å². The Balaban J connectivity index is 1.62. The van der Waals surface area contributed by atoms with Crippen LogP contribution in [0, 0.1) is 0 Å². The van der Waals surface area contributed by atoms with Crippen molar-refractivity contribution in [2.75, 3.05) is 39.4 Å². The third-order valence-corrected chi connectivity index (χ3v) is 3.89. The molecule has 0 aliphatic carbocycles. The number of rotatable bonds is 8. The number of amides is 2. The molecule has 142 valence electrons. The predicted octanol–water partition coefficient (Wildman–Crippen LogP) is -0.317. The lowest BCUT2D eigenvalue weighted by Gasteiger charge is -2.26. The first-order chi connectivity index (χ1) is 12.5. The largest absolute Gasteiger partial charge is 0.460 e. The van der Waals surface area contributed by atoms with E-state index in [2.05, 4.69) is 10.6 Å². The molecule has 8 heteroatoms. The molecule has 1 aliphatic rings. The highest BCUT2D eigenvalue weighted by Gasteiger charge is 2.19. The van der Waals surface area contributed by atoms with Gasteiger partial charge in [0.2, 0.25) is 11.8 Å². The first kappa shape index (κ1) is 19.9. The SMILES string of the molecule is CC(NC(=O)CN1CCOCC1)C(=O)NCC(=O)OCc1ccccc1. The smallest absolute Gasteiger partial charge is 0.325 e. The van der Waals surface area contributed by atoms with E-state index in [0.29, 0.717) is 26.3 Å². The van der Waals surface area contributed by atoms with Crippen LogP contribution in [-0.4, -0.2) is 68.1 Å². The van der Waals surface area contributed by atoms with Crippen LogP contribution in [0.2, 0.25) is 0 Å². The summed E-state index contributed by atoms with van der Waals surface area (Å²) in [5, 5.41) is 5.09. The number of ether oxygens (including phenoxy) is 2.